The van der Waals surface area contributed by atoms with Gasteiger partial charge in [0.2, 0.25) is 10.0 Å². The summed E-state index contributed by atoms with van der Waals surface area (Å²) in [6.45, 7) is 0.457. The van der Waals surface area contributed by atoms with Crippen molar-refractivity contribution in [2.75, 3.05) is 21.9 Å². The lowest BCUT2D eigenvalue weighted by Gasteiger charge is -2.17. The highest BCUT2D eigenvalue weighted by atomic mass is 35.5. The topological polar surface area (TPSA) is 92.3 Å². The molecular formula is C24H19ClN4O3S. The molecule has 0 spiro atoms. The Bertz CT molecular complexity index is 1470. The maximum absolute atomic E-state index is 12.8. The van der Waals surface area contributed by atoms with Crippen molar-refractivity contribution in [3.8, 4) is 11.3 Å². The molecule has 7 nitrogen and oxygen atoms in total. The third-order valence-electron chi connectivity index (χ3n) is 5.53. The number of carbonyl (C=O) groups is 1. The Morgan fingerprint density at radius 1 is 1.00 bits per heavy atom. The van der Waals surface area contributed by atoms with E-state index in [0.29, 0.717) is 46.2 Å². The van der Waals surface area contributed by atoms with Crippen LogP contribution in [0.3, 0.4) is 0 Å². The maximum Gasteiger partial charge on any atom is 0.255 e. The second kappa shape index (κ2) is 8.46. The van der Waals surface area contributed by atoms with E-state index in [9.17, 15) is 13.2 Å². The molecule has 2 aromatic heterocycles. The van der Waals surface area contributed by atoms with Gasteiger partial charge in [-0.3, -0.25) is 19.1 Å². The van der Waals surface area contributed by atoms with Crippen LogP contribution in [0.2, 0.25) is 5.02 Å². The van der Waals surface area contributed by atoms with E-state index in [4.69, 9.17) is 11.6 Å². The SMILES string of the molecule is O=C(Nc1ccc(Cl)c(-c2nccc3ncccc23)c1)c1ccc(N2CCCS2(=O)=O)cc1. The van der Waals surface area contributed by atoms with Crippen LogP contribution in [0.1, 0.15) is 16.8 Å². The molecule has 3 heterocycles. The highest BCUT2D eigenvalue weighted by Crippen LogP contribution is 2.33. The van der Waals surface area contributed by atoms with Crippen LogP contribution in [0.4, 0.5) is 11.4 Å². The minimum Gasteiger partial charge on any atom is -0.322 e. The van der Waals surface area contributed by atoms with Crippen LogP contribution < -0.4 is 9.62 Å². The van der Waals surface area contributed by atoms with E-state index in [1.54, 1.807) is 54.9 Å². The first kappa shape index (κ1) is 21.4. The number of nitrogens with zero attached hydrogens (tertiary/aromatic N) is 3. The molecule has 0 unspecified atom stereocenters. The second-order valence-electron chi connectivity index (χ2n) is 7.67. The number of amides is 1. The number of pyridine rings is 2. The van der Waals surface area contributed by atoms with Gasteiger partial charge in [0.15, 0.2) is 0 Å². The molecule has 9 heteroatoms. The van der Waals surface area contributed by atoms with Gasteiger partial charge in [-0.25, -0.2) is 8.42 Å². The lowest BCUT2D eigenvalue weighted by molar-refractivity contribution is 0.102. The second-order valence-corrected chi connectivity index (χ2v) is 10.1. The molecule has 1 saturated heterocycles. The van der Waals surface area contributed by atoms with E-state index in [0.717, 1.165) is 10.9 Å². The van der Waals surface area contributed by atoms with Crippen molar-refractivity contribution < 1.29 is 13.2 Å². The molecule has 0 atom stereocenters. The van der Waals surface area contributed by atoms with E-state index in [2.05, 4.69) is 15.3 Å². The minimum absolute atomic E-state index is 0.149. The molecule has 1 aliphatic heterocycles. The smallest absolute Gasteiger partial charge is 0.255 e. The number of benzene rings is 2. The number of sulfonamides is 1. The van der Waals surface area contributed by atoms with Gasteiger partial charge in [0.1, 0.15) is 0 Å². The highest BCUT2D eigenvalue weighted by Gasteiger charge is 2.28. The van der Waals surface area contributed by atoms with Crippen LogP contribution >= 0.6 is 11.6 Å². The average molecular weight is 479 g/mol. The number of aromatic nitrogens is 2. The van der Waals surface area contributed by atoms with Gasteiger partial charge < -0.3 is 5.32 Å². The molecule has 5 rings (SSSR count). The van der Waals surface area contributed by atoms with Gasteiger partial charge in [-0.1, -0.05) is 11.6 Å². The van der Waals surface area contributed by atoms with E-state index in [1.807, 2.05) is 18.2 Å². The van der Waals surface area contributed by atoms with Crippen molar-refractivity contribution >= 4 is 49.8 Å². The van der Waals surface area contributed by atoms with Crippen molar-refractivity contribution in [1.82, 2.24) is 9.97 Å². The molecule has 1 N–H and O–H groups in total. The Hall–Kier alpha value is -3.49. The molecule has 1 aliphatic rings. The summed E-state index contributed by atoms with van der Waals surface area (Å²) >= 11 is 6.46. The molecule has 0 bridgehead atoms. The number of anilines is 2. The Kier molecular flexibility index (Phi) is 5.47. The number of carbonyl (C=O) groups excluding carboxylic acids is 1. The van der Waals surface area contributed by atoms with Crippen LogP contribution in [-0.4, -0.2) is 36.6 Å². The molecule has 0 aliphatic carbocycles. The number of rotatable bonds is 4. The fourth-order valence-electron chi connectivity index (χ4n) is 3.91. The number of hydrogen-bond acceptors (Lipinski definition) is 5. The minimum atomic E-state index is -3.26. The predicted molar refractivity (Wildman–Crippen MR) is 130 cm³/mol. The van der Waals surface area contributed by atoms with E-state index in [1.165, 1.54) is 4.31 Å². The van der Waals surface area contributed by atoms with Gasteiger partial charge in [0.05, 0.1) is 27.7 Å². The number of fused-ring (bicyclic) bond motifs is 1. The molecule has 0 saturated carbocycles. The predicted octanol–water partition coefficient (Wildman–Crippen LogP) is 4.74. The molecular weight excluding hydrogens is 460 g/mol. The summed E-state index contributed by atoms with van der Waals surface area (Å²) in [4.78, 5) is 21.7. The summed E-state index contributed by atoms with van der Waals surface area (Å²) in [6.07, 6.45) is 3.99. The van der Waals surface area contributed by atoms with E-state index >= 15 is 0 Å². The Morgan fingerprint density at radius 2 is 1.82 bits per heavy atom. The monoisotopic (exact) mass is 478 g/mol. The number of hydrogen-bond donors (Lipinski definition) is 1. The van der Waals surface area contributed by atoms with Crippen molar-refractivity contribution in [2.45, 2.75) is 6.42 Å². The van der Waals surface area contributed by atoms with Crippen molar-refractivity contribution in [3.63, 3.8) is 0 Å². The highest BCUT2D eigenvalue weighted by molar-refractivity contribution is 7.93. The molecule has 1 amide bonds. The van der Waals surface area contributed by atoms with Crippen LogP contribution in [-0.2, 0) is 10.0 Å². The zero-order valence-corrected chi connectivity index (χ0v) is 19.0. The third-order valence-corrected chi connectivity index (χ3v) is 7.72. The van der Waals surface area contributed by atoms with Gasteiger partial charge in [0, 0.05) is 41.1 Å². The lowest BCUT2D eigenvalue weighted by atomic mass is 10.1. The maximum atomic E-state index is 12.8. The standard InChI is InChI=1S/C24H19ClN4O3S/c25-21-9-6-17(15-20(21)23-19-3-1-11-26-22(19)10-12-27-23)28-24(30)16-4-7-18(8-5-16)29-13-2-14-33(29,31)32/h1,3-12,15H,2,13-14H2,(H,28,30). The van der Waals surface area contributed by atoms with Crippen molar-refractivity contribution in [3.05, 3.63) is 83.6 Å². The van der Waals surface area contributed by atoms with Crippen LogP contribution in [0.15, 0.2) is 73.1 Å². The molecule has 2 aromatic carbocycles. The summed E-state index contributed by atoms with van der Waals surface area (Å²) in [6, 6.07) is 17.3. The summed E-state index contributed by atoms with van der Waals surface area (Å²) in [5.41, 5.74) is 3.70. The zero-order chi connectivity index (χ0) is 23.0. The summed E-state index contributed by atoms with van der Waals surface area (Å²) in [5, 5.41) is 4.24. The first-order valence-electron chi connectivity index (χ1n) is 10.3. The van der Waals surface area contributed by atoms with Crippen molar-refractivity contribution in [1.29, 1.82) is 0 Å². The summed E-state index contributed by atoms with van der Waals surface area (Å²) in [7, 11) is -3.26. The van der Waals surface area contributed by atoms with Crippen LogP contribution in [0, 0.1) is 0 Å². The third kappa shape index (κ3) is 4.15. The Balaban J connectivity index is 1.40. The Morgan fingerprint density at radius 3 is 2.58 bits per heavy atom. The Labute approximate surface area is 196 Å². The average Bonchev–Trinajstić information content (AvgIpc) is 3.19. The molecule has 166 valence electrons. The van der Waals surface area contributed by atoms with Gasteiger partial charge in [-0.15, -0.1) is 0 Å². The quantitative estimate of drug-likeness (QED) is 0.457. The van der Waals surface area contributed by atoms with Gasteiger partial charge in [0.25, 0.3) is 5.91 Å². The fourth-order valence-corrected chi connectivity index (χ4v) is 5.69. The normalized spacial score (nSPS) is 15.0. The van der Waals surface area contributed by atoms with Crippen molar-refractivity contribution in [2.24, 2.45) is 0 Å². The van der Waals surface area contributed by atoms with Gasteiger partial charge >= 0.3 is 0 Å². The zero-order valence-electron chi connectivity index (χ0n) is 17.4. The van der Waals surface area contributed by atoms with E-state index in [-0.39, 0.29) is 11.7 Å². The van der Waals surface area contributed by atoms with Crippen LogP contribution in [0.5, 0.6) is 0 Å². The molecule has 0 radical (unpaired) electrons. The molecule has 4 aromatic rings. The molecule has 33 heavy (non-hydrogen) atoms. The van der Waals surface area contributed by atoms with Gasteiger partial charge in [-0.2, -0.15) is 0 Å². The largest absolute Gasteiger partial charge is 0.322 e. The fraction of sp³-hybridized carbons (Fsp3) is 0.125. The first-order valence-corrected chi connectivity index (χ1v) is 12.3. The molecule has 1 fully saturated rings. The van der Waals surface area contributed by atoms with Crippen LogP contribution in [0.25, 0.3) is 22.2 Å². The summed E-state index contributed by atoms with van der Waals surface area (Å²) in [5.74, 6) is -0.165. The first-order chi connectivity index (χ1) is 15.9. The number of nitrogens with one attached hydrogen (secondary N) is 1. The summed E-state index contributed by atoms with van der Waals surface area (Å²) < 4.78 is 25.6. The van der Waals surface area contributed by atoms with Gasteiger partial charge in [-0.05, 0) is 67.1 Å². The van der Waals surface area contributed by atoms with E-state index < -0.39 is 10.0 Å². The number of halogens is 1. The lowest BCUT2D eigenvalue weighted by Crippen LogP contribution is -2.25.